The fourth-order valence-corrected chi connectivity index (χ4v) is 4.09. The van der Waals surface area contributed by atoms with E-state index in [4.69, 9.17) is 4.74 Å². The summed E-state index contributed by atoms with van der Waals surface area (Å²) in [7, 11) is 1.40. The highest BCUT2D eigenvalue weighted by atomic mass is 32.2. The molecule has 184 valence electrons. The molecule has 1 aromatic heterocycles. The standard InChI is InChI=1S/C23H26N6O5S/c1-5-28-21(15(3)24-22(31)16-8-6-14(2)7-9-16)26-27-23(28)35-13-20(30)25-18-11-10-17(34-4)12-19(18)29(32)33/h6-12,15H,5,13H2,1-4H3,(H,24,31)(H,25,30)/t15-/m0/s1. The van der Waals surface area contributed by atoms with Crippen molar-refractivity contribution in [1.29, 1.82) is 0 Å². The Kier molecular flexibility index (Phi) is 8.42. The highest BCUT2D eigenvalue weighted by Gasteiger charge is 2.21. The summed E-state index contributed by atoms with van der Waals surface area (Å²) in [6, 6.07) is 11.0. The van der Waals surface area contributed by atoms with Crippen molar-refractivity contribution < 1.29 is 19.2 Å². The van der Waals surface area contributed by atoms with E-state index in [0.717, 1.165) is 17.3 Å². The summed E-state index contributed by atoms with van der Waals surface area (Å²) in [5.74, 6) is 0.178. The third-order valence-corrected chi connectivity index (χ3v) is 6.09. The molecular weight excluding hydrogens is 472 g/mol. The molecule has 11 nitrogen and oxygen atoms in total. The number of aryl methyl sites for hydroxylation is 1. The van der Waals surface area contributed by atoms with Gasteiger partial charge in [-0.25, -0.2) is 0 Å². The van der Waals surface area contributed by atoms with Crippen LogP contribution in [0, 0.1) is 17.0 Å². The second kappa shape index (κ2) is 11.5. The van der Waals surface area contributed by atoms with E-state index in [1.54, 1.807) is 12.1 Å². The molecule has 1 atom stereocenters. The monoisotopic (exact) mass is 498 g/mol. The Bertz CT molecular complexity index is 1230. The molecule has 0 radical (unpaired) electrons. The lowest BCUT2D eigenvalue weighted by atomic mass is 10.1. The van der Waals surface area contributed by atoms with E-state index in [1.807, 2.05) is 37.5 Å². The number of amides is 2. The Morgan fingerprint density at radius 1 is 1.20 bits per heavy atom. The van der Waals surface area contributed by atoms with Crippen LogP contribution in [-0.2, 0) is 11.3 Å². The Morgan fingerprint density at radius 3 is 2.54 bits per heavy atom. The number of nitrogens with one attached hydrogen (secondary N) is 2. The normalized spacial score (nSPS) is 11.5. The van der Waals surface area contributed by atoms with E-state index in [1.165, 1.54) is 25.3 Å². The number of benzene rings is 2. The van der Waals surface area contributed by atoms with Crippen LogP contribution in [0.3, 0.4) is 0 Å². The lowest BCUT2D eigenvalue weighted by Gasteiger charge is -2.15. The van der Waals surface area contributed by atoms with Gasteiger partial charge in [0, 0.05) is 12.1 Å². The molecule has 1 heterocycles. The fourth-order valence-electron chi connectivity index (χ4n) is 3.29. The van der Waals surface area contributed by atoms with Crippen LogP contribution in [0.25, 0.3) is 0 Å². The van der Waals surface area contributed by atoms with Crippen LogP contribution < -0.4 is 15.4 Å². The molecule has 0 aliphatic carbocycles. The van der Waals surface area contributed by atoms with Crippen molar-refractivity contribution in [2.45, 2.75) is 38.5 Å². The predicted molar refractivity (Wildman–Crippen MR) is 132 cm³/mol. The van der Waals surface area contributed by atoms with Gasteiger partial charge in [0.25, 0.3) is 11.6 Å². The third-order valence-electron chi connectivity index (χ3n) is 5.12. The Hall–Kier alpha value is -3.93. The van der Waals surface area contributed by atoms with Crippen LogP contribution in [0.5, 0.6) is 5.75 Å². The summed E-state index contributed by atoms with van der Waals surface area (Å²) < 4.78 is 6.82. The van der Waals surface area contributed by atoms with Crippen LogP contribution >= 0.6 is 11.8 Å². The van der Waals surface area contributed by atoms with Crippen LogP contribution in [0.2, 0.25) is 0 Å². The number of ether oxygens (including phenoxy) is 1. The quantitative estimate of drug-likeness (QED) is 0.245. The van der Waals surface area contributed by atoms with Crippen LogP contribution in [0.4, 0.5) is 11.4 Å². The molecule has 2 N–H and O–H groups in total. The second-order valence-corrected chi connectivity index (χ2v) is 8.57. The highest BCUT2D eigenvalue weighted by Crippen LogP contribution is 2.29. The topological polar surface area (TPSA) is 141 Å². The first-order chi connectivity index (χ1) is 16.7. The number of anilines is 1. The van der Waals surface area contributed by atoms with E-state index >= 15 is 0 Å². The highest BCUT2D eigenvalue weighted by molar-refractivity contribution is 7.99. The SMILES string of the molecule is CCn1c(SCC(=O)Nc2ccc(OC)cc2[N+](=O)[O-])nnc1[C@H](C)NC(=O)c1ccc(C)cc1. The van der Waals surface area contributed by atoms with Gasteiger partial charge in [0.15, 0.2) is 11.0 Å². The van der Waals surface area contributed by atoms with Gasteiger partial charge in [-0.05, 0) is 45.0 Å². The molecule has 0 aliphatic heterocycles. The van der Waals surface area contributed by atoms with Crippen LogP contribution in [0.15, 0.2) is 47.6 Å². The molecule has 2 aromatic carbocycles. The predicted octanol–water partition coefficient (Wildman–Crippen LogP) is 3.75. The first-order valence-corrected chi connectivity index (χ1v) is 11.8. The number of nitro groups is 1. The lowest BCUT2D eigenvalue weighted by Crippen LogP contribution is -2.28. The Labute approximate surface area is 206 Å². The first kappa shape index (κ1) is 25.7. The molecule has 0 saturated carbocycles. The van der Waals surface area contributed by atoms with Gasteiger partial charge in [-0.2, -0.15) is 0 Å². The number of carbonyl (C=O) groups excluding carboxylic acids is 2. The van der Waals surface area contributed by atoms with Gasteiger partial charge >= 0.3 is 0 Å². The summed E-state index contributed by atoms with van der Waals surface area (Å²) in [5, 5.41) is 25.7. The molecule has 0 bridgehead atoms. The van der Waals surface area contributed by atoms with Gasteiger partial charge in [-0.1, -0.05) is 29.5 Å². The summed E-state index contributed by atoms with van der Waals surface area (Å²) in [6.07, 6.45) is 0. The van der Waals surface area contributed by atoms with Gasteiger partial charge in [0.05, 0.1) is 29.9 Å². The summed E-state index contributed by atoms with van der Waals surface area (Å²) in [4.78, 5) is 35.8. The Balaban J connectivity index is 1.65. The maximum Gasteiger partial charge on any atom is 0.296 e. The number of nitro benzene ring substituents is 1. The average molecular weight is 499 g/mol. The van der Waals surface area contributed by atoms with Gasteiger partial charge in [-0.15, -0.1) is 10.2 Å². The minimum absolute atomic E-state index is 0.0363. The van der Waals surface area contributed by atoms with Gasteiger partial charge in [0.1, 0.15) is 11.4 Å². The maximum absolute atomic E-state index is 12.6. The zero-order valence-electron chi connectivity index (χ0n) is 19.8. The number of hydrogen-bond donors (Lipinski definition) is 2. The molecule has 0 aliphatic rings. The van der Waals surface area contributed by atoms with Crippen molar-refractivity contribution in [3.63, 3.8) is 0 Å². The molecule has 3 rings (SSSR count). The molecule has 35 heavy (non-hydrogen) atoms. The van der Waals surface area contributed by atoms with Crippen molar-refractivity contribution in [2.75, 3.05) is 18.2 Å². The van der Waals surface area contributed by atoms with Gasteiger partial charge < -0.3 is 19.9 Å². The number of carbonyl (C=O) groups is 2. The number of hydrogen-bond acceptors (Lipinski definition) is 8. The average Bonchev–Trinajstić information content (AvgIpc) is 3.26. The minimum Gasteiger partial charge on any atom is -0.496 e. The molecule has 3 aromatic rings. The van der Waals surface area contributed by atoms with Crippen molar-refractivity contribution >= 4 is 35.0 Å². The van der Waals surface area contributed by atoms with Crippen molar-refractivity contribution in [3.05, 3.63) is 69.5 Å². The second-order valence-electron chi connectivity index (χ2n) is 7.62. The fraction of sp³-hybridized carbons (Fsp3) is 0.304. The van der Waals surface area contributed by atoms with E-state index in [9.17, 15) is 19.7 Å². The van der Waals surface area contributed by atoms with E-state index in [0.29, 0.717) is 28.8 Å². The molecule has 0 saturated heterocycles. The lowest BCUT2D eigenvalue weighted by molar-refractivity contribution is -0.384. The summed E-state index contributed by atoms with van der Waals surface area (Å²) in [6.45, 7) is 6.20. The maximum atomic E-state index is 12.6. The van der Waals surface area contributed by atoms with E-state index in [-0.39, 0.29) is 23.0 Å². The van der Waals surface area contributed by atoms with Gasteiger partial charge in [0.2, 0.25) is 5.91 Å². The van der Waals surface area contributed by atoms with Crippen molar-refractivity contribution in [1.82, 2.24) is 20.1 Å². The van der Waals surface area contributed by atoms with Crippen molar-refractivity contribution in [2.24, 2.45) is 0 Å². The molecule has 0 spiro atoms. The molecule has 0 fully saturated rings. The van der Waals surface area contributed by atoms with Crippen LogP contribution in [-0.4, -0.2) is 44.4 Å². The summed E-state index contributed by atoms with van der Waals surface area (Å²) >= 11 is 1.15. The number of thioether (sulfide) groups is 1. The Morgan fingerprint density at radius 2 is 1.91 bits per heavy atom. The smallest absolute Gasteiger partial charge is 0.296 e. The number of methoxy groups -OCH3 is 1. The zero-order chi connectivity index (χ0) is 25.5. The van der Waals surface area contributed by atoms with Gasteiger partial charge in [-0.3, -0.25) is 19.7 Å². The molecule has 2 amide bonds. The first-order valence-electron chi connectivity index (χ1n) is 10.8. The van der Waals surface area contributed by atoms with E-state index < -0.39 is 16.9 Å². The minimum atomic E-state index is -0.586. The summed E-state index contributed by atoms with van der Waals surface area (Å²) in [5.41, 5.74) is 1.42. The third kappa shape index (κ3) is 6.35. The number of aromatic nitrogens is 3. The molecular formula is C23H26N6O5S. The molecule has 0 unspecified atom stereocenters. The number of rotatable bonds is 10. The van der Waals surface area contributed by atoms with Crippen LogP contribution in [0.1, 0.15) is 41.6 Å². The largest absolute Gasteiger partial charge is 0.496 e. The number of nitrogens with zero attached hydrogens (tertiary/aromatic N) is 4. The molecule has 12 heteroatoms. The van der Waals surface area contributed by atoms with E-state index in [2.05, 4.69) is 20.8 Å². The van der Waals surface area contributed by atoms with Crippen molar-refractivity contribution in [3.8, 4) is 5.75 Å². The zero-order valence-corrected chi connectivity index (χ0v) is 20.6.